The Morgan fingerprint density at radius 1 is 1.22 bits per heavy atom. The normalized spacial score (nSPS) is 22.2. The van der Waals surface area contributed by atoms with Gasteiger partial charge in [-0.05, 0) is 12.8 Å². The van der Waals surface area contributed by atoms with Gasteiger partial charge in [0.2, 0.25) is 0 Å². The molecule has 0 N–H and O–H groups in total. The molecule has 3 heteroatoms. The van der Waals surface area contributed by atoms with Gasteiger partial charge in [0, 0.05) is 0 Å². The summed E-state index contributed by atoms with van der Waals surface area (Å²) in [4.78, 5) is 0. The van der Waals surface area contributed by atoms with Gasteiger partial charge < -0.3 is 0 Å². The summed E-state index contributed by atoms with van der Waals surface area (Å²) in [7, 11) is 0. The van der Waals surface area contributed by atoms with Crippen molar-refractivity contribution < 1.29 is 8.39 Å². The van der Waals surface area contributed by atoms with E-state index in [9.17, 15) is 4.21 Å². The van der Waals surface area contributed by atoms with E-state index in [4.69, 9.17) is 4.18 Å². The van der Waals surface area contributed by atoms with Crippen LogP contribution in [0, 0.1) is 0 Å². The average Bonchev–Trinajstić information content (AvgIpc) is 1.91. The molecule has 0 heterocycles. The van der Waals surface area contributed by atoms with Gasteiger partial charge in [0.25, 0.3) is 0 Å². The van der Waals surface area contributed by atoms with Crippen molar-refractivity contribution in [1.29, 1.82) is 0 Å². The second-order valence-corrected chi connectivity index (χ2v) is 2.80. The summed E-state index contributed by atoms with van der Waals surface area (Å²) in [5.41, 5.74) is 0. The molecular weight excluding hydrogens is 136 g/mol. The predicted octanol–water partition coefficient (Wildman–Crippen LogP) is 1.20. The summed E-state index contributed by atoms with van der Waals surface area (Å²) in [6, 6.07) is 0. The van der Waals surface area contributed by atoms with Crippen LogP contribution in [0.1, 0.15) is 32.1 Å². The van der Waals surface area contributed by atoms with Crippen LogP contribution in [0.2, 0.25) is 0 Å². The topological polar surface area (TPSA) is 26.3 Å². The lowest BCUT2D eigenvalue weighted by Crippen LogP contribution is -2.13. The summed E-state index contributed by atoms with van der Waals surface area (Å²) in [6.45, 7) is 0. The summed E-state index contributed by atoms with van der Waals surface area (Å²) < 4.78 is 14.8. The fourth-order valence-corrected chi connectivity index (χ4v) is 1.56. The maximum atomic E-state index is 9.95. The highest BCUT2D eigenvalue weighted by atomic mass is 32.2. The summed E-state index contributed by atoms with van der Waals surface area (Å²) in [5, 5.41) is 0. The van der Waals surface area contributed by atoms with Gasteiger partial charge in [-0.25, -0.2) is 4.21 Å². The molecule has 1 aliphatic rings. The van der Waals surface area contributed by atoms with Crippen molar-refractivity contribution in [3.05, 3.63) is 0 Å². The fourth-order valence-electron chi connectivity index (χ4n) is 1.23. The Hall–Kier alpha value is 0.110. The zero-order valence-corrected chi connectivity index (χ0v) is 6.27. The first kappa shape index (κ1) is 7.22. The summed E-state index contributed by atoms with van der Waals surface area (Å²) >= 11 is -0.152. The molecule has 54 valence electrons. The molecule has 0 bridgehead atoms. The lowest BCUT2D eigenvalue weighted by molar-refractivity contribution is 0.179. The monoisotopic (exact) mass is 148 g/mol. The van der Waals surface area contributed by atoms with Gasteiger partial charge in [-0.2, -0.15) is 0 Å². The zero-order valence-electron chi connectivity index (χ0n) is 5.38. The SMILES string of the molecule is O=[SH]OC1CCCCC1. The third-order valence-electron chi connectivity index (χ3n) is 1.74. The first-order valence-corrected chi connectivity index (χ1v) is 4.15. The second kappa shape index (κ2) is 4.01. The van der Waals surface area contributed by atoms with Gasteiger partial charge in [0.05, 0.1) is 6.10 Å². The van der Waals surface area contributed by atoms with Crippen LogP contribution in [0.3, 0.4) is 0 Å². The fraction of sp³-hybridized carbons (Fsp3) is 1.00. The van der Waals surface area contributed by atoms with Crippen molar-refractivity contribution in [2.45, 2.75) is 38.2 Å². The van der Waals surface area contributed by atoms with Gasteiger partial charge in [0.15, 0.2) is 0 Å². The van der Waals surface area contributed by atoms with Crippen LogP contribution in [0.25, 0.3) is 0 Å². The lowest BCUT2D eigenvalue weighted by atomic mass is 9.98. The minimum Gasteiger partial charge on any atom is -0.289 e. The van der Waals surface area contributed by atoms with Crippen molar-refractivity contribution in [2.75, 3.05) is 0 Å². The Balaban J connectivity index is 2.15. The van der Waals surface area contributed by atoms with E-state index < -0.39 is 0 Å². The van der Waals surface area contributed by atoms with Crippen LogP contribution in [0.5, 0.6) is 0 Å². The molecule has 0 atom stereocenters. The maximum Gasteiger partial charge on any atom is 0.142 e. The van der Waals surface area contributed by atoms with Crippen molar-refractivity contribution in [2.24, 2.45) is 0 Å². The predicted molar refractivity (Wildman–Crippen MR) is 37.5 cm³/mol. The molecule has 0 radical (unpaired) electrons. The van der Waals surface area contributed by atoms with Gasteiger partial charge in [0.1, 0.15) is 11.9 Å². The number of rotatable bonds is 2. The van der Waals surface area contributed by atoms with E-state index in [0.29, 0.717) is 0 Å². The van der Waals surface area contributed by atoms with E-state index in [1.165, 1.54) is 19.3 Å². The Morgan fingerprint density at radius 3 is 2.44 bits per heavy atom. The molecule has 0 aromatic carbocycles. The number of hydrogen-bond acceptors (Lipinski definition) is 2. The first-order valence-electron chi connectivity index (χ1n) is 3.42. The van der Waals surface area contributed by atoms with E-state index in [-0.39, 0.29) is 18.1 Å². The number of hydrogen-bond donors (Lipinski definition) is 1. The summed E-state index contributed by atoms with van der Waals surface area (Å²) in [6.07, 6.45) is 6.25. The highest BCUT2D eigenvalue weighted by Crippen LogP contribution is 2.19. The van der Waals surface area contributed by atoms with Crippen LogP contribution < -0.4 is 0 Å². The van der Waals surface area contributed by atoms with E-state index >= 15 is 0 Å². The highest BCUT2D eigenvalue weighted by molar-refractivity contribution is 7.60. The van der Waals surface area contributed by atoms with Gasteiger partial charge in [-0.3, -0.25) is 4.18 Å². The van der Waals surface area contributed by atoms with Crippen molar-refractivity contribution in [3.8, 4) is 0 Å². The second-order valence-electron chi connectivity index (χ2n) is 2.44. The molecular formula is C6H12O2S. The molecule has 0 spiro atoms. The average molecular weight is 148 g/mol. The first-order chi connectivity index (χ1) is 4.43. The molecule has 0 saturated heterocycles. The quantitative estimate of drug-likeness (QED) is 0.595. The highest BCUT2D eigenvalue weighted by Gasteiger charge is 2.12. The molecule has 0 aromatic heterocycles. The molecule has 0 amide bonds. The third kappa shape index (κ3) is 2.45. The van der Waals surface area contributed by atoms with Crippen LogP contribution in [-0.4, -0.2) is 10.3 Å². The van der Waals surface area contributed by atoms with Crippen LogP contribution in [-0.2, 0) is 16.1 Å². The minimum absolute atomic E-state index is 0.152. The molecule has 1 rings (SSSR count). The standard InChI is InChI=1S/C6H12O2S/c7-9-8-6-4-2-1-3-5-6/h6,9H,1-5H2. The molecule has 2 nitrogen and oxygen atoms in total. The summed E-state index contributed by atoms with van der Waals surface area (Å²) in [5.74, 6) is 0. The smallest absolute Gasteiger partial charge is 0.142 e. The van der Waals surface area contributed by atoms with Crippen LogP contribution in [0.4, 0.5) is 0 Å². The van der Waals surface area contributed by atoms with E-state index in [1.54, 1.807) is 0 Å². The Kier molecular flexibility index (Phi) is 3.22. The van der Waals surface area contributed by atoms with Gasteiger partial charge >= 0.3 is 0 Å². The zero-order chi connectivity index (χ0) is 6.53. The third-order valence-corrected chi connectivity index (χ3v) is 2.13. The van der Waals surface area contributed by atoms with Crippen LogP contribution in [0.15, 0.2) is 0 Å². The minimum atomic E-state index is -0.152. The van der Waals surface area contributed by atoms with E-state index in [0.717, 1.165) is 12.8 Å². The molecule has 0 unspecified atom stereocenters. The van der Waals surface area contributed by atoms with Crippen molar-refractivity contribution >= 4 is 11.9 Å². The molecule has 1 fully saturated rings. The molecule has 1 saturated carbocycles. The molecule has 0 aliphatic heterocycles. The molecule has 0 aromatic rings. The Bertz CT molecular complexity index is 89.1. The Morgan fingerprint density at radius 2 is 1.89 bits per heavy atom. The van der Waals surface area contributed by atoms with Gasteiger partial charge in [-0.1, -0.05) is 19.3 Å². The van der Waals surface area contributed by atoms with Crippen molar-refractivity contribution in [3.63, 3.8) is 0 Å². The Labute approximate surface area is 59.3 Å². The van der Waals surface area contributed by atoms with E-state index in [2.05, 4.69) is 0 Å². The molecule has 1 aliphatic carbocycles. The van der Waals surface area contributed by atoms with Gasteiger partial charge in [-0.15, -0.1) is 0 Å². The van der Waals surface area contributed by atoms with Crippen LogP contribution >= 0.6 is 0 Å². The number of thiol groups is 1. The van der Waals surface area contributed by atoms with E-state index in [1.807, 2.05) is 0 Å². The lowest BCUT2D eigenvalue weighted by Gasteiger charge is -2.17. The molecule has 9 heavy (non-hydrogen) atoms. The van der Waals surface area contributed by atoms with Crippen molar-refractivity contribution in [1.82, 2.24) is 0 Å². The largest absolute Gasteiger partial charge is 0.289 e. The maximum absolute atomic E-state index is 9.95.